The van der Waals surface area contributed by atoms with Gasteiger partial charge in [-0.1, -0.05) is 97.1 Å². The van der Waals surface area contributed by atoms with Crippen LogP contribution in [0.15, 0.2) is 108 Å². The van der Waals surface area contributed by atoms with E-state index in [0.717, 1.165) is 12.8 Å². The van der Waals surface area contributed by atoms with Crippen LogP contribution in [0.4, 0.5) is 0 Å². The minimum atomic E-state index is -0.583. The molecule has 4 aromatic rings. The van der Waals surface area contributed by atoms with E-state index in [1.807, 2.05) is 0 Å². The monoisotopic (exact) mass is 624 g/mol. The molecule has 0 saturated carbocycles. The van der Waals surface area contributed by atoms with E-state index in [2.05, 4.69) is 125 Å². The molecule has 2 unspecified atom stereocenters. The number of allylic oxidation sites excluding steroid dienone is 4. The molecule has 0 aromatic heterocycles. The van der Waals surface area contributed by atoms with Gasteiger partial charge in [-0.15, -0.1) is 23.2 Å². The zero-order valence-electron chi connectivity index (χ0n) is 22.9. The summed E-state index contributed by atoms with van der Waals surface area (Å²) in [5.74, 6) is 0. The first-order chi connectivity index (χ1) is 18.3. The van der Waals surface area contributed by atoms with Crippen LogP contribution in [-0.4, -0.2) is 0 Å². The second kappa shape index (κ2) is 10.7. The number of hydrogen-bond acceptors (Lipinski definition) is 0. The van der Waals surface area contributed by atoms with Gasteiger partial charge in [-0.2, -0.15) is 0 Å². The average Bonchev–Trinajstić information content (AvgIpc) is 3.28. The van der Waals surface area contributed by atoms with Gasteiger partial charge in [-0.25, -0.2) is 0 Å². The van der Waals surface area contributed by atoms with Gasteiger partial charge in [-0.3, -0.25) is 0 Å². The Labute approximate surface area is 261 Å². The number of hydrogen-bond donors (Lipinski definition) is 0. The zero-order valence-corrected chi connectivity index (χ0v) is 26.9. The molecule has 0 N–H and O–H groups in total. The molecule has 0 aliphatic heterocycles. The summed E-state index contributed by atoms with van der Waals surface area (Å²) in [7, 11) is 0. The molecule has 194 valence electrons. The van der Waals surface area contributed by atoms with Gasteiger partial charge in [0.05, 0.1) is 9.75 Å². The first-order valence-electron chi connectivity index (χ1n) is 13.4. The second-order valence-corrected chi connectivity index (χ2v) is 12.1. The van der Waals surface area contributed by atoms with Crippen LogP contribution >= 0.6 is 23.2 Å². The fourth-order valence-corrected chi connectivity index (χ4v) is 7.44. The van der Waals surface area contributed by atoms with Crippen molar-refractivity contribution < 1.29 is 26.2 Å². The predicted octanol–water partition coefficient (Wildman–Crippen LogP) is 11.0. The van der Waals surface area contributed by atoms with Gasteiger partial charge in [0.25, 0.3) is 0 Å². The average molecular weight is 627 g/mol. The van der Waals surface area contributed by atoms with Crippen LogP contribution in [0.5, 0.6) is 0 Å². The second-order valence-electron chi connectivity index (χ2n) is 10.8. The van der Waals surface area contributed by atoms with E-state index in [9.17, 15) is 0 Å². The van der Waals surface area contributed by atoms with Crippen molar-refractivity contribution >= 4 is 34.3 Å². The molecule has 0 fully saturated rings. The molecule has 0 radical (unpaired) electrons. The van der Waals surface area contributed by atoms with Gasteiger partial charge in [0.15, 0.2) is 0 Å². The first-order valence-corrected chi connectivity index (χ1v) is 14.2. The van der Waals surface area contributed by atoms with E-state index >= 15 is 0 Å². The maximum Gasteiger partial charge on any atom is 0.0914 e. The third kappa shape index (κ3) is 4.37. The third-order valence-electron chi connectivity index (χ3n) is 9.03. The Bertz CT molecular complexity index is 1490. The molecule has 0 spiro atoms. The minimum absolute atomic E-state index is 0. The molecule has 2 atom stereocenters. The van der Waals surface area contributed by atoms with Gasteiger partial charge in [0.2, 0.25) is 0 Å². The summed E-state index contributed by atoms with van der Waals surface area (Å²) >= 11 is 15.3. The molecular weight excluding hydrogens is 595 g/mol. The summed E-state index contributed by atoms with van der Waals surface area (Å²) in [4.78, 5) is -1.17. The smallest absolute Gasteiger partial charge is 0.0914 e. The van der Waals surface area contributed by atoms with E-state index in [0.29, 0.717) is 0 Å². The minimum Gasteiger partial charge on any atom is -0.109 e. The Morgan fingerprint density at radius 2 is 0.846 bits per heavy atom. The van der Waals surface area contributed by atoms with Gasteiger partial charge in [0, 0.05) is 26.2 Å². The van der Waals surface area contributed by atoms with E-state index in [-0.39, 0.29) is 26.2 Å². The van der Waals surface area contributed by atoms with E-state index in [4.69, 9.17) is 23.2 Å². The van der Waals surface area contributed by atoms with Crippen LogP contribution in [0, 0.1) is 0 Å². The van der Waals surface area contributed by atoms with E-state index < -0.39 is 9.75 Å². The van der Waals surface area contributed by atoms with Crippen molar-refractivity contribution in [2.45, 2.75) is 50.3 Å². The summed E-state index contributed by atoms with van der Waals surface area (Å²) in [6.07, 6.45) is 1.51. The normalized spacial score (nSPS) is 21.6. The van der Waals surface area contributed by atoms with Crippen molar-refractivity contribution in [3.05, 3.63) is 130 Å². The van der Waals surface area contributed by atoms with Crippen LogP contribution < -0.4 is 0 Å². The van der Waals surface area contributed by atoms with Crippen molar-refractivity contribution in [3.8, 4) is 22.3 Å². The molecule has 3 heteroatoms. The van der Waals surface area contributed by atoms with Crippen LogP contribution in [-0.2, 0) is 36.0 Å². The van der Waals surface area contributed by atoms with Gasteiger partial charge < -0.3 is 0 Å². The Balaban J connectivity index is 0.00000308. The molecule has 2 aliphatic carbocycles. The fraction of sp³-hybridized carbons (Fsp3) is 0.222. The topological polar surface area (TPSA) is 0 Å². The molecule has 0 heterocycles. The SMILES string of the molecule is CC1=C(C)C(Cl)(CCC2(Cl)C(C)=C(C)c3c(-c4ccccc4)cccc32)c2cccc(-c3ccccc3)c21.[Zr]. The quantitative estimate of drug-likeness (QED) is 0.193. The van der Waals surface area contributed by atoms with Crippen molar-refractivity contribution in [3.63, 3.8) is 0 Å². The van der Waals surface area contributed by atoms with Gasteiger partial charge in [0.1, 0.15) is 0 Å². The van der Waals surface area contributed by atoms with E-state index in [1.165, 1.54) is 66.8 Å². The van der Waals surface area contributed by atoms with Crippen molar-refractivity contribution in [2.75, 3.05) is 0 Å². The third-order valence-corrected chi connectivity index (χ3v) is 10.4. The maximum atomic E-state index is 7.65. The summed E-state index contributed by atoms with van der Waals surface area (Å²) < 4.78 is 0. The largest absolute Gasteiger partial charge is 0.109 e. The maximum absolute atomic E-state index is 7.65. The summed E-state index contributed by atoms with van der Waals surface area (Å²) in [5, 5.41) is 0. The number of halogens is 2. The molecule has 0 nitrogen and oxygen atoms in total. The van der Waals surface area contributed by atoms with Crippen LogP contribution in [0.3, 0.4) is 0 Å². The molecule has 0 amide bonds. The zero-order chi connectivity index (χ0) is 26.7. The first kappa shape index (κ1) is 28.4. The fourth-order valence-electron chi connectivity index (χ4n) is 6.65. The molecule has 0 saturated heterocycles. The van der Waals surface area contributed by atoms with Crippen LogP contribution in [0.1, 0.15) is 62.8 Å². The van der Waals surface area contributed by atoms with Crippen LogP contribution in [0.2, 0.25) is 0 Å². The Kier molecular flexibility index (Phi) is 7.75. The molecule has 4 aromatic carbocycles. The van der Waals surface area contributed by atoms with E-state index in [1.54, 1.807) is 0 Å². The summed E-state index contributed by atoms with van der Waals surface area (Å²) in [6.45, 7) is 8.82. The number of alkyl halides is 2. The van der Waals surface area contributed by atoms with Crippen molar-refractivity contribution in [1.82, 2.24) is 0 Å². The number of rotatable bonds is 5. The molecule has 2 aliphatic rings. The Hall–Kier alpha value is -2.18. The molecular formula is C36H32Cl2Zr. The molecule has 6 rings (SSSR count). The van der Waals surface area contributed by atoms with Crippen LogP contribution in [0.25, 0.3) is 33.4 Å². The van der Waals surface area contributed by atoms with Gasteiger partial charge >= 0.3 is 0 Å². The van der Waals surface area contributed by atoms with Crippen molar-refractivity contribution in [2.24, 2.45) is 0 Å². The standard InChI is InChI=1S/C36H32Cl2.Zr/c1-23-25(3)35(37,31-19-11-17-29(33(23)31)27-13-7-5-8-14-27)21-22-36(38)26(4)24(2)34-30(18-12-20-32(34)36)28-15-9-6-10-16-28;/h5-20H,21-22H2,1-4H3;. The molecule has 0 bridgehead atoms. The Morgan fingerprint density at radius 1 is 0.487 bits per heavy atom. The summed E-state index contributed by atoms with van der Waals surface area (Å²) in [5.41, 5.74) is 14.9. The Morgan fingerprint density at radius 3 is 1.21 bits per heavy atom. The summed E-state index contributed by atoms with van der Waals surface area (Å²) in [6, 6.07) is 34.4. The molecule has 39 heavy (non-hydrogen) atoms. The van der Waals surface area contributed by atoms with Gasteiger partial charge in [-0.05, 0) is 107 Å². The predicted molar refractivity (Wildman–Crippen MR) is 165 cm³/mol. The number of benzene rings is 4. The van der Waals surface area contributed by atoms with Crippen molar-refractivity contribution in [1.29, 1.82) is 0 Å². The number of fused-ring (bicyclic) bond motifs is 2.